The Morgan fingerprint density at radius 1 is 1.00 bits per heavy atom. The van der Waals surface area contributed by atoms with Crippen molar-refractivity contribution in [2.45, 2.75) is 46.1 Å². The number of Topliss-reactive ketones (excluding diaryl/α,β-unsaturated/α-hetero) is 1. The van der Waals surface area contributed by atoms with E-state index in [1.165, 1.54) is 18.4 Å². The van der Waals surface area contributed by atoms with Gasteiger partial charge in [-0.2, -0.15) is 0 Å². The van der Waals surface area contributed by atoms with Crippen LogP contribution in [-0.2, 0) is 11.2 Å². The zero-order valence-corrected chi connectivity index (χ0v) is 14.7. The SMILES string of the molecule is CCCCc1ccc(OCC(=O)C(C)Oc2ccc(C)cc2)cc1. The lowest BCUT2D eigenvalue weighted by molar-refractivity contribution is -0.127. The van der Waals surface area contributed by atoms with Crippen LogP contribution in [0.2, 0.25) is 0 Å². The van der Waals surface area contributed by atoms with Crippen LogP contribution in [0, 0.1) is 6.92 Å². The fraction of sp³-hybridized carbons (Fsp3) is 0.381. The highest BCUT2D eigenvalue weighted by molar-refractivity contribution is 5.84. The second-order valence-corrected chi connectivity index (χ2v) is 6.08. The van der Waals surface area contributed by atoms with Crippen molar-refractivity contribution in [3.8, 4) is 11.5 Å². The highest BCUT2D eigenvalue weighted by Gasteiger charge is 2.15. The highest BCUT2D eigenvalue weighted by Crippen LogP contribution is 2.16. The van der Waals surface area contributed by atoms with Gasteiger partial charge in [0.2, 0.25) is 5.78 Å². The Morgan fingerprint density at radius 2 is 1.62 bits per heavy atom. The van der Waals surface area contributed by atoms with E-state index in [2.05, 4.69) is 19.1 Å². The lowest BCUT2D eigenvalue weighted by atomic mass is 10.1. The summed E-state index contributed by atoms with van der Waals surface area (Å²) in [5.41, 5.74) is 2.46. The second-order valence-electron chi connectivity index (χ2n) is 6.08. The number of ether oxygens (including phenoxy) is 2. The van der Waals surface area contributed by atoms with Gasteiger partial charge in [-0.3, -0.25) is 4.79 Å². The molecule has 0 heterocycles. The number of carbonyl (C=O) groups is 1. The van der Waals surface area contributed by atoms with E-state index in [9.17, 15) is 4.79 Å². The monoisotopic (exact) mass is 326 g/mol. The number of benzene rings is 2. The summed E-state index contributed by atoms with van der Waals surface area (Å²) < 4.78 is 11.2. The Labute approximate surface area is 144 Å². The minimum Gasteiger partial charge on any atom is -0.486 e. The molecule has 24 heavy (non-hydrogen) atoms. The number of unbranched alkanes of at least 4 members (excludes halogenated alkanes) is 1. The molecule has 1 unspecified atom stereocenters. The Hall–Kier alpha value is -2.29. The van der Waals surface area contributed by atoms with Crippen LogP contribution >= 0.6 is 0 Å². The normalized spacial score (nSPS) is 11.8. The molecule has 2 rings (SSSR count). The van der Waals surface area contributed by atoms with Gasteiger partial charge >= 0.3 is 0 Å². The quantitative estimate of drug-likeness (QED) is 0.667. The minimum absolute atomic E-state index is 0.0152. The van der Waals surface area contributed by atoms with E-state index in [1.54, 1.807) is 6.92 Å². The lowest BCUT2D eigenvalue weighted by Gasteiger charge is -2.14. The van der Waals surface area contributed by atoms with E-state index < -0.39 is 6.10 Å². The number of ketones is 1. The fourth-order valence-electron chi connectivity index (χ4n) is 2.29. The standard InChI is InChI=1S/C21H26O3/c1-4-5-6-18-9-13-19(14-10-18)23-15-21(22)17(3)24-20-11-7-16(2)8-12-20/h7-14,17H,4-6,15H2,1-3H3. The molecule has 0 aliphatic rings. The van der Waals surface area contributed by atoms with Gasteiger partial charge in [-0.05, 0) is 56.5 Å². The van der Waals surface area contributed by atoms with Gasteiger partial charge in [0.05, 0.1) is 0 Å². The van der Waals surface area contributed by atoms with E-state index in [-0.39, 0.29) is 12.4 Å². The van der Waals surface area contributed by atoms with Gasteiger partial charge in [-0.1, -0.05) is 43.2 Å². The first-order valence-corrected chi connectivity index (χ1v) is 8.56. The van der Waals surface area contributed by atoms with Crippen molar-refractivity contribution in [2.75, 3.05) is 6.61 Å². The fourth-order valence-corrected chi connectivity index (χ4v) is 2.29. The molecule has 128 valence electrons. The van der Waals surface area contributed by atoms with Crippen molar-refractivity contribution < 1.29 is 14.3 Å². The summed E-state index contributed by atoms with van der Waals surface area (Å²) in [6.45, 7) is 5.96. The second kappa shape index (κ2) is 9.11. The van der Waals surface area contributed by atoms with Crippen LogP contribution in [0.25, 0.3) is 0 Å². The summed E-state index contributed by atoms with van der Waals surface area (Å²) in [5.74, 6) is 1.33. The van der Waals surface area contributed by atoms with E-state index in [0.29, 0.717) is 11.5 Å². The van der Waals surface area contributed by atoms with Gasteiger partial charge in [0.1, 0.15) is 11.5 Å². The maximum atomic E-state index is 12.1. The summed E-state index contributed by atoms with van der Waals surface area (Å²) in [7, 11) is 0. The smallest absolute Gasteiger partial charge is 0.210 e. The van der Waals surface area contributed by atoms with Crippen molar-refractivity contribution in [1.82, 2.24) is 0 Å². The largest absolute Gasteiger partial charge is 0.486 e. The molecule has 2 aromatic carbocycles. The summed E-state index contributed by atoms with van der Waals surface area (Å²) in [4.78, 5) is 12.1. The van der Waals surface area contributed by atoms with Gasteiger partial charge < -0.3 is 9.47 Å². The van der Waals surface area contributed by atoms with Crippen LogP contribution in [0.4, 0.5) is 0 Å². The molecule has 0 radical (unpaired) electrons. The molecule has 0 bridgehead atoms. The Balaban J connectivity index is 1.80. The number of rotatable bonds is 9. The van der Waals surface area contributed by atoms with Crippen LogP contribution < -0.4 is 9.47 Å². The predicted molar refractivity (Wildman–Crippen MR) is 96.8 cm³/mol. The third-order valence-corrected chi connectivity index (χ3v) is 3.91. The summed E-state index contributed by atoms with van der Waals surface area (Å²) in [6.07, 6.45) is 2.92. The van der Waals surface area contributed by atoms with Crippen LogP contribution in [0.1, 0.15) is 37.8 Å². The average Bonchev–Trinajstić information content (AvgIpc) is 2.60. The Bertz CT molecular complexity index is 629. The average molecular weight is 326 g/mol. The maximum absolute atomic E-state index is 12.1. The molecule has 0 fully saturated rings. The molecule has 0 aliphatic carbocycles. The molecular formula is C21H26O3. The topological polar surface area (TPSA) is 35.5 Å². The van der Waals surface area contributed by atoms with E-state index in [1.807, 2.05) is 43.3 Å². The summed E-state index contributed by atoms with van der Waals surface area (Å²) in [6, 6.07) is 15.6. The van der Waals surface area contributed by atoms with Gasteiger partial charge in [0.25, 0.3) is 0 Å². The molecule has 0 amide bonds. The van der Waals surface area contributed by atoms with Gasteiger partial charge in [0.15, 0.2) is 12.7 Å². The summed E-state index contributed by atoms with van der Waals surface area (Å²) in [5, 5.41) is 0. The molecule has 1 atom stereocenters. The molecule has 0 saturated carbocycles. The van der Waals surface area contributed by atoms with Gasteiger partial charge in [-0.25, -0.2) is 0 Å². The van der Waals surface area contributed by atoms with Crippen molar-refractivity contribution >= 4 is 5.78 Å². The zero-order valence-electron chi connectivity index (χ0n) is 14.7. The molecule has 0 spiro atoms. The highest BCUT2D eigenvalue weighted by atomic mass is 16.5. The predicted octanol–water partition coefficient (Wildman–Crippen LogP) is 4.75. The van der Waals surface area contributed by atoms with Crippen molar-refractivity contribution in [1.29, 1.82) is 0 Å². The molecule has 3 heteroatoms. The molecular weight excluding hydrogens is 300 g/mol. The van der Waals surface area contributed by atoms with Crippen LogP contribution in [-0.4, -0.2) is 18.5 Å². The van der Waals surface area contributed by atoms with Crippen molar-refractivity contribution in [3.63, 3.8) is 0 Å². The number of carbonyl (C=O) groups excluding carboxylic acids is 1. The van der Waals surface area contributed by atoms with Crippen molar-refractivity contribution in [2.24, 2.45) is 0 Å². The lowest BCUT2D eigenvalue weighted by Crippen LogP contribution is -2.28. The van der Waals surface area contributed by atoms with Crippen LogP contribution in [0.5, 0.6) is 11.5 Å². The van der Waals surface area contributed by atoms with Crippen LogP contribution in [0.3, 0.4) is 0 Å². The first-order chi connectivity index (χ1) is 11.6. The first-order valence-electron chi connectivity index (χ1n) is 8.56. The maximum Gasteiger partial charge on any atom is 0.210 e. The van der Waals surface area contributed by atoms with Crippen molar-refractivity contribution in [3.05, 3.63) is 59.7 Å². The third-order valence-electron chi connectivity index (χ3n) is 3.91. The van der Waals surface area contributed by atoms with E-state index in [0.717, 1.165) is 12.0 Å². The zero-order chi connectivity index (χ0) is 17.4. The number of aryl methyl sites for hydroxylation is 2. The van der Waals surface area contributed by atoms with Gasteiger partial charge in [0, 0.05) is 0 Å². The first kappa shape index (κ1) is 18.1. The van der Waals surface area contributed by atoms with Gasteiger partial charge in [-0.15, -0.1) is 0 Å². The molecule has 3 nitrogen and oxygen atoms in total. The Kier molecular flexibility index (Phi) is 6.86. The van der Waals surface area contributed by atoms with E-state index >= 15 is 0 Å². The Morgan fingerprint density at radius 3 is 2.25 bits per heavy atom. The minimum atomic E-state index is -0.531. The van der Waals surface area contributed by atoms with E-state index in [4.69, 9.17) is 9.47 Å². The molecule has 0 saturated heterocycles. The summed E-state index contributed by atoms with van der Waals surface area (Å²) >= 11 is 0. The molecule has 2 aromatic rings. The molecule has 0 N–H and O–H groups in total. The van der Waals surface area contributed by atoms with Crippen LogP contribution in [0.15, 0.2) is 48.5 Å². The third kappa shape index (κ3) is 5.73. The number of hydrogen-bond acceptors (Lipinski definition) is 3. The number of hydrogen-bond donors (Lipinski definition) is 0. The molecule has 0 aromatic heterocycles. The molecule has 0 aliphatic heterocycles.